The molecule has 0 spiro atoms. The first-order valence-electron chi connectivity index (χ1n) is 4.82. The minimum Gasteiger partial charge on any atom is -0.480 e. The number of carboxylic acids is 1. The topological polar surface area (TPSA) is 40.5 Å². The maximum absolute atomic E-state index is 10.9. The highest BCUT2D eigenvalue weighted by molar-refractivity contribution is 5.77. The van der Waals surface area contributed by atoms with E-state index in [1.54, 1.807) is 17.9 Å². The van der Waals surface area contributed by atoms with E-state index >= 15 is 0 Å². The number of carbonyl (C=O) groups is 1. The molecule has 0 fully saturated rings. The van der Waals surface area contributed by atoms with E-state index in [0.29, 0.717) is 6.54 Å². The Hall–Kier alpha value is -1.77. The zero-order valence-electron chi connectivity index (χ0n) is 8.76. The van der Waals surface area contributed by atoms with Crippen molar-refractivity contribution >= 4 is 11.7 Å². The van der Waals surface area contributed by atoms with Crippen molar-refractivity contribution in [1.29, 1.82) is 0 Å². The molecule has 1 unspecified atom stereocenters. The van der Waals surface area contributed by atoms with Crippen LogP contribution >= 0.6 is 0 Å². The summed E-state index contributed by atoms with van der Waals surface area (Å²) in [6.45, 7) is 5.82. The largest absolute Gasteiger partial charge is 0.480 e. The normalized spacial score (nSPS) is 11.8. The molecular formula is C12H15NO2. The molecule has 1 aromatic carbocycles. The molecule has 15 heavy (non-hydrogen) atoms. The third-order valence-corrected chi connectivity index (χ3v) is 2.24. The van der Waals surface area contributed by atoms with Crippen LogP contribution in [0.5, 0.6) is 0 Å². The number of para-hydroxylation sites is 1. The average molecular weight is 205 g/mol. The molecule has 80 valence electrons. The Morgan fingerprint density at radius 2 is 2.13 bits per heavy atom. The van der Waals surface area contributed by atoms with E-state index in [9.17, 15) is 4.79 Å². The molecular weight excluding hydrogens is 190 g/mol. The van der Waals surface area contributed by atoms with Crippen LogP contribution in [0.4, 0.5) is 5.69 Å². The van der Waals surface area contributed by atoms with Crippen LogP contribution in [0.2, 0.25) is 0 Å². The maximum Gasteiger partial charge on any atom is 0.326 e. The predicted octanol–water partition coefficient (Wildman–Crippen LogP) is 2.15. The van der Waals surface area contributed by atoms with Crippen molar-refractivity contribution in [3.63, 3.8) is 0 Å². The number of anilines is 1. The van der Waals surface area contributed by atoms with Crippen LogP contribution in [0.3, 0.4) is 0 Å². The van der Waals surface area contributed by atoms with E-state index in [2.05, 4.69) is 6.58 Å². The van der Waals surface area contributed by atoms with E-state index < -0.39 is 12.0 Å². The highest BCUT2D eigenvalue weighted by atomic mass is 16.4. The van der Waals surface area contributed by atoms with Crippen molar-refractivity contribution < 1.29 is 9.90 Å². The summed E-state index contributed by atoms with van der Waals surface area (Å²) in [7, 11) is 0. The number of aliphatic carboxylic acids is 1. The summed E-state index contributed by atoms with van der Waals surface area (Å²) in [6, 6.07) is 8.91. The van der Waals surface area contributed by atoms with Gasteiger partial charge in [0.1, 0.15) is 6.04 Å². The van der Waals surface area contributed by atoms with E-state index in [0.717, 1.165) is 5.69 Å². The number of nitrogens with zero attached hydrogens (tertiary/aromatic N) is 1. The number of benzene rings is 1. The van der Waals surface area contributed by atoms with Crippen LogP contribution in [0.15, 0.2) is 43.0 Å². The van der Waals surface area contributed by atoms with Crippen LogP contribution in [-0.2, 0) is 4.79 Å². The van der Waals surface area contributed by atoms with Gasteiger partial charge in [-0.3, -0.25) is 0 Å². The summed E-state index contributed by atoms with van der Waals surface area (Å²) >= 11 is 0. The molecule has 0 radical (unpaired) electrons. The van der Waals surface area contributed by atoms with Crippen molar-refractivity contribution in [2.75, 3.05) is 11.4 Å². The van der Waals surface area contributed by atoms with Gasteiger partial charge in [0.2, 0.25) is 0 Å². The van der Waals surface area contributed by atoms with Gasteiger partial charge in [-0.15, -0.1) is 6.58 Å². The molecule has 1 aromatic rings. The summed E-state index contributed by atoms with van der Waals surface area (Å²) in [5.41, 5.74) is 0.896. The molecule has 0 bridgehead atoms. The molecule has 3 nitrogen and oxygen atoms in total. The molecule has 0 aliphatic rings. The Morgan fingerprint density at radius 3 is 2.60 bits per heavy atom. The van der Waals surface area contributed by atoms with E-state index in [4.69, 9.17) is 5.11 Å². The van der Waals surface area contributed by atoms with Gasteiger partial charge in [-0.05, 0) is 19.1 Å². The highest BCUT2D eigenvalue weighted by Gasteiger charge is 2.19. The van der Waals surface area contributed by atoms with Crippen molar-refractivity contribution in [2.45, 2.75) is 13.0 Å². The van der Waals surface area contributed by atoms with Gasteiger partial charge in [0.25, 0.3) is 0 Å². The molecule has 0 saturated carbocycles. The first kappa shape index (κ1) is 11.3. The van der Waals surface area contributed by atoms with Gasteiger partial charge >= 0.3 is 5.97 Å². The van der Waals surface area contributed by atoms with Gasteiger partial charge in [-0.1, -0.05) is 24.3 Å². The lowest BCUT2D eigenvalue weighted by Crippen LogP contribution is -2.39. The van der Waals surface area contributed by atoms with Crippen LogP contribution in [-0.4, -0.2) is 23.7 Å². The zero-order valence-corrected chi connectivity index (χ0v) is 8.76. The summed E-state index contributed by atoms with van der Waals surface area (Å²) in [5.74, 6) is -0.833. The van der Waals surface area contributed by atoms with Crippen LogP contribution < -0.4 is 4.90 Å². The van der Waals surface area contributed by atoms with E-state index in [-0.39, 0.29) is 0 Å². The first-order valence-corrected chi connectivity index (χ1v) is 4.82. The Kier molecular flexibility index (Phi) is 3.92. The number of hydrogen-bond donors (Lipinski definition) is 1. The minimum absolute atomic E-state index is 0.525. The second kappa shape index (κ2) is 5.20. The Balaban J connectivity index is 2.92. The Labute approximate surface area is 89.6 Å². The first-order chi connectivity index (χ1) is 7.16. The van der Waals surface area contributed by atoms with Crippen molar-refractivity contribution in [3.8, 4) is 0 Å². The average Bonchev–Trinajstić information content (AvgIpc) is 2.26. The number of carboxylic acid groups (broad SMARTS) is 1. The van der Waals surface area contributed by atoms with Crippen molar-refractivity contribution in [1.82, 2.24) is 0 Å². The van der Waals surface area contributed by atoms with Gasteiger partial charge < -0.3 is 10.0 Å². The summed E-state index contributed by atoms with van der Waals surface area (Å²) < 4.78 is 0. The summed E-state index contributed by atoms with van der Waals surface area (Å²) in [6.07, 6.45) is 1.70. The second-order valence-corrected chi connectivity index (χ2v) is 3.29. The lowest BCUT2D eigenvalue weighted by atomic mass is 10.2. The quantitative estimate of drug-likeness (QED) is 0.749. The Bertz CT molecular complexity index is 335. The summed E-state index contributed by atoms with van der Waals surface area (Å²) in [5, 5.41) is 8.96. The maximum atomic E-state index is 10.9. The number of rotatable bonds is 5. The fourth-order valence-electron chi connectivity index (χ4n) is 1.38. The third-order valence-electron chi connectivity index (χ3n) is 2.24. The standard InChI is InChI=1S/C12H15NO2/c1-3-9-13(10(2)12(14)15)11-7-5-4-6-8-11/h3-8,10H,1,9H2,2H3,(H,14,15). The molecule has 0 amide bonds. The van der Waals surface area contributed by atoms with Crippen molar-refractivity contribution in [2.24, 2.45) is 0 Å². The minimum atomic E-state index is -0.833. The van der Waals surface area contributed by atoms with Gasteiger partial charge in [0, 0.05) is 12.2 Å². The molecule has 1 N–H and O–H groups in total. The predicted molar refractivity (Wildman–Crippen MR) is 61.1 cm³/mol. The van der Waals surface area contributed by atoms with Crippen molar-refractivity contribution in [3.05, 3.63) is 43.0 Å². The molecule has 1 rings (SSSR count). The van der Waals surface area contributed by atoms with E-state index in [1.165, 1.54) is 0 Å². The molecule has 0 aliphatic heterocycles. The van der Waals surface area contributed by atoms with Gasteiger partial charge in [0.15, 0.2) is 0 Å². The Morgan fingerprint density at radius 1 is 1.53 bits per heavy atom. The fraction of sp³-hybridized carbons (Fsp3) is 0.250. The lowest BCUT2D eigenvalue weighted by Gasteiger charge is -2.27. The summed E-state index contributed by atoms with van der Waals surface area (Å²) in [4.78, 5) is 12.7. The molecule has 0 aliphatic carbocycles. The monoisotopic (exact) mass is 205 g/mol. The second-order valence-electron chi connectivity index (χ2n) is 3.29. The zero-order chi connectivity index (χ0) is 11.3. The van der Waals surface area contributed by atoms with Crippen LogP contribution in [0.25, 0.3) is 0 Å². The third kappa shape index (κ3) is 2.84. The van der Waals surface area contributed by atoms with Gasteiger partial charge in [-0.2, -0.15) is 0 Å². The highest BCUT2D eigenvalue weighted by Crippen LogP contribution is 2.16. The molecule has 0 aromatic heterocycles. The van der Waals surface area contributed by atoms with Crippen LogP contribution in [0.1, 0.15) is 6.92 Å². The van der Waals surface area contributed by atoms with Crippen LogP contribution in [0, 0.1) is 0 Å². The fourth-order valence-corrected chi connectivity index (χ4v) is 1.38. The van der Waals surface area contributed by atoms with E-state index in [1.807, 2.05) is 30.3 Å². The number of hydrogen-bond acceptors (Lipinski definition) is 2. The molecule has 0 saturated heterocycles. The smallest absolute Gasteiger partial charge is 0.326 e. The molecule has 3 heteroatoms. The van der Waals surface area contributed by atoms with Gasteiger partial charge in [-0.25, -0.2) is 4.79 Å². The lowest BCUT2D eigenvalue weighted by molar-refractivity contribution is -0.138. The van der Waals surface area contributed by atoms with Gasteiger partial charge in [0.05, 0.1) is 0 Å². The SMILES string of the molecule is C=CCN(c1ccccc1)C(C)C(=O)O. The molecule has 1 atom stereocenters. The molecule has 0 heterocycles.